The van der Waals surface area contributed by atoms with Crippen LogP contribution in [-0.2, 0) is 19.3 Å². The fourth-order valence-electron chi connectivity index (χ4n) is 11.5. The zero-order chi connectivity index (χ0) is 43.7. The highest BCUT2D eigenvalue weighted by Crippen LogP contribution is 2.47. The van der Waals surface area contributed by atoms with Crippen molar-refractivity contribution in [3.05, 3.63) is 167 Å². The monoisotopic (exact) mass is 821 g/mol. The van der Waals surface area contributed by atoms with E-state index in [1.165, 1.54) is 95.0 Å². The average molecular weight is 821 g/mol. The van der Waals surface area contributed by atoms with Crippen molar-refractivity contribution in [3.8, 4) is 11.4 Å². The van der Waals surface area contributed by atoms with Crippen LogP contribution in [0.15, 0.2) is 110 Å². The van der Waals surface area contributed by atoms with Crippen molar-refractivity contribution in [1.82, 2.24) is 20.3 Å². The summed E-state index contributed by atoms with van der Waals surface area (Å²) in [5, 5.41) is 4.17. The Hall–Kier alpha value is -5.88. The van der Waals surface area contributed by atoms with Gasteiger partial charge < -0.3 is 20.3 Å². The molecule has 0 spiro atoms. The molecule has 2 unspecified atom stereocenters. The number of aromatic amines is 3. The van der Waals surface area contributed by atoms with Crippen molar-refractivity contribution in [2.24, 2.45) is 15.9 Å². The molecule has 4 N–H and O–H groups in total. The van der Waals surface area contributed by atoms with Gasteiger partial charge in [-0.3, -0.25) is 0 Å². The second kappa shape index (κ2) is 16.1. The Labute approximate surface area is 369 Å². The number of benzene rings is 2. The van der Waals surface area contributed by atoms with Crippen molar-refractivity contribution in [1.29, 1.82) is 0 Å². The van der Waals surface area contributed by atoms with E-state index in [1.54, 1.807) is 0 Å². The SMILES string of the molecule is CCC1=C(C)C2=N/C1=C(/c1ccccc1)c1[nH]c(c(C)c1CC)C1=N/C(=C(/c3ccccc3)c3[nH]c(c(C)c3CC)-c3[nH]c(c(CC)c3C)C3=C(CC)C(C)C2N3)C(CC)=C1C. The Balaban J connectivity index is 1.45. The maximum absolute atomic E-state index is 5.81. The number of aromatic nitrogens is 3. The van der Waals surface area contributed by atoms with Crippen LogP contribution in [0.2, 0.25) is 0 Å². The first kappa shape index (κ1) is 41.5. The summed E-state index contributed by atoms with van der Waals surface area (Å²) in [4.78, 5) is 23.9. The fraction of sp³-hybridized carbons (Fsp3) is 0.357. The summed E-state index contributed by atoms with van der Waals surface area (Å²) in [5.41, 5.74) is 31.6. The van der Waals surface area contributed by atoms with Crippen LogP contribution in [0.5, 0.6) is 0 Å². The third-order valence-electron chi connectivity index (χ3n) is 14.8. The molecule has 318 valence electrons. The summed E-state index contributed by atoms with van der Waals surface area (Å²) >= 11 is 0. The topological polar surface area (TPSA) is 84.1 Å². The van der Waals surface area contributed by atoms with Gasteiger partial charge in [0.05, 0.1) is 68.7 Å². The van der Waals surface area contributed by atoms with Crippen molar-refractivity contribution in [2.45, 2.75) is 128 Å². The van der Waals surface area contributed by atoms with Crippen molar-refractivity contribution >= 4 is 28.3 Å². The van der Waals surface area contributed by atoms with Crippen LogP contribution in [0, 0.1) is 26.7 Å². The van der Waals surface area contributed by atoms with Crippen LogP contribution in [0.4, 0.5) is 0 Å². The lowest BCUT2D eigenvalue weighted by molar-refractivity contribution is 0.605. The number of rotatable bonds is 8. The summed E-state index contributed by atoms with van der Waals surface area (Å²) in [5.74, 6) is 0.263. The average Bonchev–Trinajstić information content (AvgIpc) is 4.11. The van der Waals surface area contributed by atoms with Gasteiger partial charge in [0.15, 0.2) is 0 Å². The number of hydrogen-bond acceptors (Lipinski definition) is 3. The van der Waals surface area contributed by atoms with Gasteiger partial charge in [0.2, 0.25) is 0 Å². The van der Waals surface area contributed by atoms with E-state index < -0.39 is 0 Å². The second-order valence-corrected chi connectivity index (χ2v) is 17.7. The fourth-order valence-corrected chi connectivity index (χ4v) is 11.5. The number of fused-ring (bicyclic) bond motifs is 14. The van der Waals surface area contributed by atoms with E-state index >= 15 is 0 Å². The molecule has 0 amide bonds. The highest BCUT2D eigenvalue weighted by Gasteiger charge is 2.40. The van der Waals surface area contributed by atoms with Crippen LogP contribution in [0.3, 0.4) is 0 Å². The van der Waals surface area contributed by atoms with E-state index in [4.69, 9.17) is 9.98 Å². The molecule has 2 aromatic carbocycles. The maximum atomic E-state index is 5.81. The standard InChI is InChI=1S/C56H64N6/c1-13-37-29(7)45-46-30(8)38(14-2)52(58-46)44(36-27-23-20-24-28-36)54-40(16-4)32(10)48(60-54)50-34(12)42(18-6)56(62-50)55-41(17-5)33(11)49(61-55)47-31(9)39(15-3)53(59-47)43(51(37)57-45)35-25-21-19-22-26-35/h19-28,33,49,57,60-62H,13-18H2,1-12H3/b52-44-,53-43-. The number of H-pyrrole nitrogens is 3. The summed E-state index contributed by atoms with van der Waals surface area (Å²) in [7, 11) is 0. The number of hydrogen-bond donors (Lipinski definition) is 4. The third-order valence-corrected chi connectivity index (χ3v) is 14.8. The lowest BCUT2D eigenvalue weighted by atomic mass is 9.88. The predicted octanol–water partition coefficient (Wildman–Crippen LogP) is 13.6. The molecule has 4 aliphatic rings. The number of nitrogens with zero attached hydrogens (tertiary/aromatic N) is 2. The first-order chi connectivity index (χ1) is 30.0. The van der Waals surface area contributed by atoms with Gasteiger partial charge in [-0.1, -0.05) is 109 Å². The normalized spacial score (nSPS) is 21.0. The zero-order valence-corrected chi connectivity index (χ0v) is 39.1. The van der Waals surface area contributed by atoms with Crippen LogP contribution < -0.4 is 5.32 Å². The number of allylic oxidation sites excluding steroid dienone is 3. The van der Waals surface area contributed by atoms with Gasteiger partial charge in [0.1, 0.15) is 0 Å². The molecule has 6 nitrogen and oxygen atoms in total. The second-order valence-electron chi connectivity index (χ2n) is 17.7. The molecule has 2 atom stereocenters. The Kier molecular flexibility index (Phi) is 10.8. The molecule has 4 aliphatic heterocycles. The van der Waals surface area contributed by atoms with Crippen LogP contribution >= 0.6 is 0 Å². The van der Waals surface area contributed by atoms with Gasteiger partial charge in [0, 0.05) is 17.1 Å². The molecule has 62 heavy (non-hydrogen) atoms. The minimum Gasteiger partial charge on any atom is -0.374 e. The molecule has 0 saturated carbocycles. The van der Waals surface area contributed by atoms with Gasteiger partial charge in [-0.05, 0) is 146 Å². The van der Waals surface area contributed by atoms with Crippen LogP contribution in [-0.4, -0.2) is 32.4 Å². The first-order valence-electron chi connectivity index (χ1n) is 23.4. The Morgan fingerprint density at radius 2 is 0.935 bits per heavy atom. The van der Waals surface area contributed by atoms with Crippen molar-refractivity contribution in [3.63, 3.8) is 0 Å². The summed E-state index contributed by atoms with van der Waals surface area (Å²) in [6, 6.07) is 21.9. The van der Waals surface area contributed by atoms with Crippen molar-refractivity contribution < 1.29 is 0 Å². The maximum Gasteiger partial charge on any atom is 0.0907 e. The molecule has 6 heteroatoms. The number of aliphatic imine (C=N–C) groups is 2. The Morgan fingerprint density at radius 3 is 1.44 bits per heavy atom. The van der Waals surface area contributed by atoms with E-state index in [-0.39, 0.29) is 12.0 Å². The minimum atomic E-state index is 0.0422. The third kappa shape index (κ3) is 6.11. The highest BCUT2D eigenvalue weighted by molar-refractivity contribution is 6.17. The van der Waals surface area contributed by atoms with E-state index in [0.29, 0.717) is 0 Å². The van der Waals surface area contributed by atoms with Gasteiger partial charge in [-0.15, -0.1) is 0 Å². The van der Waals surface area contributed by atoms with E-state index in [9.17, 15) is 0 Å². The summed E-state index contributed by atoms with van der Waals surface area (Å²) < 4.78 is 0. The molecule has 0 saturated heterocycles. The lowest BCUT2D eigenvalue weighted by Gasteiger charge is -2.20. The molecule has 9 rings (SSSR count). The van der Waals surface area contributed by atoms with E-state index in [0.717, 1.165) is 89.7 Å². The summed E-state index contributed by atoms with van der Waals surface area (Å²) in [6.07, 6.45) is 5.42. The molecule has 3 aromatic heterocycles. The molecular formula is C56H64N6. The van der Waals surface area contributed by atoms with Crippen LogP contribution in [0.25, 0.3) is 28.2 Å². The van der Waals surface area contributed by atoms with Gasteiger partial charge in [-0.2, -0.15) is 0 Å². The molecule has 7 heterocycles. The molecule has 0 fully saturated rings. The highest BCUT2D eigenvalue weighted by atomic mass is 15.0. The van der Waals surface area contributed by atoms with Gasteiger partial charge in [-0.25, -0.2) is 9.98 Å². The molecule has 0 aliphatic carbocycles. The lowest BCUT2D eigenvalue weighted by Crippen LogP contribution is -2.36. The predicted molar refractivity (Wildman–Crippen MR) is 262 cm³/mol. The molecule has 0 radical (unpaired) electrons. The van der Waals surface area contributed by atoms with Gasteiger partial charge >= 0.3 is 0 Å². The number of nitrogens with one attached hydrogen (secondary N) is 4. The van der Waals surface area contributed by atoms with E-state index in [1.807, 2.05) is 0 Å². The molecule has 12 bridgehead atoms. The molecule has 5 aromatic rings. The van der Waals surface area contributed by atoms with Crippen molar-refractivity contribution in [2.75, 3.05) is 0 Å². The van der Waals surface area contributed by atoms with Gasteiger partial charge in [0.25, 0.3) is 0 Å². The minimum absolute atomic E-state index is 0.0422. The Morgan fingerprint density at radius 1 is 0.484 bits per heavy atom. The van der Waals surface area contributed by atoms with E-state index in [2.05, 4.69) is 164 Å². The largest absolute Gasteiger partial charge is 0.374 e. The Bertz CT molecular complexity index is 2870. The molecular weight excluding hydrogens is 757 g/mol. The van der Waals surface area contributed by atoms with Crippen LogP contribution in [0.1, 0.15) is 149 Å². The zero-order valence-electron chi connectivity index (χ0n) is 39.1. The quantitative estimate of drug-likeness (QED) is 0.123. The summed E-state index contributed by atoms with van der Waals surface area (Å²) in [6.45, 7) is 27.7. The first-order valence-corrected chi connectivity index (χ1v) is 23.4. The smallest absolute Gasteiger partial charge is 0.0907 e.